The van der Waals surface area contributed by atoms with E-state index in [-0.39, 0.29) is 5.41 Å². The molecule has 0 bridgehead atoms. The molecule has 1 heteroatoms. The number of thiocarbonyl (C=S) groups is 1. The lowest BCUT2D eigenvalue weighted by Crippen LogP contribution is -2.10. The summed E-state index contributed by atoms with van der Waals surface area (Å²) in [4.78, 5) is 0. The molecule has 0 atom stereocenters. The fourth-order valence-corrected chi connectivity index (χ4v) is 0.809. The van der Waals surface area contributed by atoms with Crippen molar-refractivity contribution in [3.8, 4) is 0 Å². The molecule has 0 saturated heterocycles. The van der Waals surface area contributed by atoms with E-state index in [1.807, 2.05) is 5.37 Å². The van der Waals surface area contributed by atoms with Crippen molar-refractivity contribution in [2.24, 2.45) is 5.41 Å². The first-order chi connectivity index (χ1) is 4.12. The van der Waals surface area contributed by atoms with Crippen molar-refractivity contribution in [1.29, 1.82) is 0 Å². The van der Waals surface area contributed by atoms with Crippen molar-refractivity contribution in [1.82, 2.24) is 0 Å². The fourth-order valence-electron chi connectivity index (χ4n) is 0.691. The lowest BCUT2D eigenvalue weighted by atomic mass is 9.90. The first-order valence-corrected chi connectivity index (χ1v) is 4.06. The standard InChI is InChI=1S/C8H16S/c1-4-5-6-8(2,3)7-9/h7H,4-6H2,1-3H3. The summed E-state index contributed by atoms with van der Waals surface area (Å²) < 4.78 is 0. The molecule has 0 aliphatic rings. The molecule has 0 aromatic rings. The highest BCUT2D eigenvalue weighted by Crippen LogP contribution is 2.20. The minimum Gasteiger partial charge on any atom is -0.0929 e. The summed E-state index contributed by atoms with van der Waals surface area (Å²) in [6, 6.07) is 0. The van der Waals surface area contributed by atoms with Crippen molar-refractivity contribution in [2.45, 2.75) is 40.0 Å². The largest absolute Gasteiger partial charge is 0.0929 e. The van der Waals surface area contributed by atoms with Gasteiger partial charge in [-0.15, -0.1) is 0 Å². The predicted molar refractivity (Wildman–Crippen MR) is 47.0 cm³/mol. The maximum atomic E-state index is 4.88. The monoisotopic (exact) mass is 144 g/mol. The van der Waals surface area contributed by atoms with Gasteiger partial charge in [0.05, 0.1) is 0 Å². The second-order valence-corrected chi connectivity index (χ2v) is 3.45. The molecule has 0 heterocycles. The summed E-state index contributed by atoms with van der Waals surface area (Å²) in [5.41, 5.74) is 0.283. The lowest BCUT2D eigenvalue weighted by molar-refractivity contribution is 0.468. The summed E-state index contributed by atoms with van der Waals surface area (Å²) in [5.74, 6) is 0. The summed E-state index contributed by atoms with van der Waals surface area (Å²) >= 11 is 4.88. The van der Waals surface area contributed by atoms with E-state index < -0.39 is 0 Å². The Kier molecular flexibility index (Phi) is 4.03. The average molecular weight is 144 g/mol. The molecule has 0 saturated carbocycles. The van der Waals surface area contributed by atoms with Gasteiger partial charge in [0.1, 0.15) is 0 Å². The molecular formula is C8H16S. The molecule has 0 spiro atoms. The van der Waals surface area contributed by atoms with Gasteiger partial charge in [-0.2, -0.15) is 0 Å². The molecule has 0 nitrogen and oxygen atoms in total. The van der Waals surface area contributed by atoms with E-state index in [4.69, 9.17) is 12.2 Å². The maximum Gasteiger partial charge on any atom is -0.00702 e. The zero-order valence-corrected chi connectivity index (χ0v) is 7.42. The van der Waals surface area contributed by atoms with E-state index >= 15 is 0 Å². The van der Waals surface area contributed by atoms with Crippen LogP contribution in [-0.2, 0) is 0 Å². The van der Waals surface area contributed by atoms with Crippen LogP contribution in [0.2, 0.25) is 0 Å². The van der Waals surface area contributed by atoms with Gasteiger partial charge in [-0.3, -0.25) is 0 Å². The molecular weight excluding hydrogens is 128 g/mol. The van der Waals surface area contributed by atoms with E-state index in [2.05, 4.69) is 20.8 Å². The van der Waals surface area contributed by atoms with E-state index in [1.165, 1.54) is 19.3 Å². The highest BCUT2D eigenvalue weighted by molar-refractivity contribution is 7.79. The molecule has 54 valence electrons. The van der Waals surface area contributed by atoms with Gasteiger partial charge in [-0.1, -0.05) is 45.8 Å². The van der Waals surface area contributed by atoms with Crippen molar-refractivity contribution >= 4 is 17.6 Å². The van der Waals surface area contributed by atoms with Crippen LogP contribution in [0.4, 0.5) is 0 Å². The Morgan fingerprint density at radius 1 is 1.44 bits per heavy atom. The third-order valence-corrected chi connectivity index (χ3v) is 2.13. The summed E-state index contributed by atoms with van der Waals surface area (Å²) in [6.45, 7) is 6.59. The molecule has 0 aromatic carbocycles. The van der Waals surface area contributed by atoms with Gasteiger partial charge in [-0.25, -0.2) is 0 Å². The zero-order chi connectivity index (χ0) is 7.33. The lowest BCUT2D eigenvalue weighted by Gasteiger charge is -2.16. The molecule has 0 aliphatic heterocycles. The maximum absolute atomic E-state index is 4.88. The molecule has 0 rings (SSSR count). The summed E-state index contributed by atoms with van der Waals surface area (Å²) in [7, 11) is 0. The van der Waals surface area contributed by atoms with Gasteiger partial charge in [-0.05, 0) is 17.2 Å². The smallest absolute Gasteiger partial charge is 0.00702 e. The first kappa shape index (κ1) is 9.09. The SMILES string of the molecule is CCCCC(C)(C)C=S. The molecule has 0 amide bonds. The minimum atomic E-state index is 0.283. The molecule has 0 N–H and O–H groups in total. The van der Waals surface area contributed by atoms with Crippen molar-refractivity contribution < 1.29 is 0 Å². The van der Waals surface area contributed by atoms with Gasteiger partial charge in [0.2, 0.25) is 0 Å². The van der Waals surface area contributed by atoms with Crippen LogP contribution < -0.4 is 0 Å². The predicted octanol–water partition coefficient (Wildman–Crippen LogP) is 3.20. The number of hydrogen-bond acceptors (Lipinski definition) is 1. The van der Waals surface area contributed by atoms with Crippen molar-refractivity contribution in [3.05, 3.63) is 0 Å². The van der Waals surface area contributed by atoms with E-state index in [0.717, 1.165) is 0 Å². The average Bonchev–Trinajstić information content (AvgIpc) is 1.84. The van der Waals surface area contributed by atoms with E-state index in [0.29, 0.717) is 0 Å². The van der Waals surface area contributed by atoms with Crippen LogP contribution >= 0.6 is 12.2 Å². The Balaban J connectivity index is 3.45. The van der Waals surface area contributed by atoms with Crippen LogP contribution in [0.15, 0.2) is 0 Å². The zero-order valence-electron chi connectivity index (χ0n) is 6.61. The highest BCUT2D eigenvalue weighted by atomic mass is 32.1. The van der Waals surface area contributed by atoms with Crippen molar-refractivity contribution in [3.63, 3.8) is 0 Å². The van der Waals surface area contributed by atoms with E-state index in [9.17, 15) is 0 Å². The second-order valence-electron chi connectivity index (χ2n) is 3.21. The Morgan fingerprint density at radius 3 is 2.33 bits per heavy atom. The molecule has 0 fully saturated rings. The van der Waals surface area contributed by atoms with Gasteiger partial charge < -0.3 is 0 Å². The quantitative estimate of drug-likeness (QED) is 0.546. The number of rotatable bonds is 4. The van der Waals surface area contributed by atoms with Crippen LogP contribution in [0.5, 0.6) is 0 Å². The third kappa shape index (κ3) is 4.58. The van der Waals surface area contributed by atoms with Crippen LogP contribution in [-0.4, -0.2) is 5.37 Å². The van der Waals surface area contributed by atoms with Crippen LogP contribution in [0.25, 0.3) is 0 Å². The summed E-state index contributed by atoms with van der Waals surface area (Å²) in [6.07, 6.45) is 3.79. The van der Waals surface area contributed by atoms with Crippen molar-refractivity contribution in [2.75, 3.05) is 0 Å². The Hall–Kier alpha value is 0.0900. The summed E-state index contributed by atoms with van der Waals surface area (Å²) in [5, 5.41) is 1.88. The third-order valence-electron chi connectivity index (χ3n) is 1.49. The number of unbranched alkanes of at least 4 members (excludes halogenated alkanes) is 1. The molecule has 0 aliphatic carbocycles. The van der Waals surface area contributed by atoms with Crippen LogP contribution in [0.3, 0.4) is 0 Å². The first-order valence-electron chi connectivity index (χ1n) is 3.59. The molecule has 9 heavy (non-hydrogen) atoms. The van der Waals surface area contributed by atoms with Gasteiger partial charge in [0.15, 0.2) is 0 Å². The Bertz CT molecular complexity index is 84.6. The van der Waals surface area contributed by atoms with Crippen LogP contribution in [0, 0.1) is 5.41 Å². The molecule has 0 unspecified atom stereocenters. The second kappa shape index (κ2) is 3.99. The normalized spacial score (nSPS) is 11.4. The number of hydrogen-bond donors (Lipinski definition) is 0. The highest BCUT2D eigenvalue weighted by Gasteiger charge is 2.11. The van der Waals surface area contributed by atoms with Gasteiger partial charge in [0.25, 0.3) is 0 Å². The van der Waals surface area contributed by atoms with Gasteiger partial charge in [0, 0.05) is 0 Å². The molecule has 0 aromatic heterocycles. The Morgan fingerprint density at radius 2 is 2.00 bits per heavy atom. The fraction of sp³-hybridized carbons (Fsp3) is 0.875. The topological polar surface area (TPSA) is 0 Å². The van der Waals surface area contributed by atoms with E-state index in [1.54, 1.807) is 0 Å². The Labute approximate surface area is 63.7 Å². The van der Waals surface area contributed by atoms with Gasteiger partial charge >= 0.3 is 0 Å². The van der Waals surface area contributed by atoms with Crippen LogP contribution in [0.1, 0.15) is 40.0 Å². The minimum absolute atomic E-state index is 0.283. The molecule has 0 radical (unpaired) electrons.